The molecule has 1 heterocycles. The van der Waals surface area contributed by atoms with E-state index in [2.05, 4.69) is 21.0 Å². The summed E-state index contributed by atoms with van der Waals surface area (Å²) in [7, 11) is 0. The summed E-state index contributed by atoms with van der Waals surface area (Å²) in [5, 5.41) is 3.97. The summed E-state index contributed by atoms with van der Waals surface area (Å²) in [6.45, 7) is 5.15. The molecule has 6 heteroatoms. The molecule has 1 aromatic heterocycles. The third-order valence-corrected chi connectivity index (χ3v) is 2.80. The number of aromatic nitrogens is 2. The number of ether oxygens (including phenoxy) is 1. The highest BCUT2D eigenvalue weighted by molar-refractivity contribution is 9.10. The van der Waals surface area contributed by atoms with Crippen LogP contribution < -0.4 is 0 Å². The number of ketones is 1. The van der Waals surface area contributed by atoms with Crippen LogP contribution >= 0.6 is 15.9 Å². The van der Waals surface area contributed by atoms with Gasteiger partial charge in [-0.25, -0.2) is 0 Å². The molecule has 0 saturated carbocycles. The number of Topliss-reactive ketones (excluding diaryl/α,β-unsaturated/α-hetero) is 1. The van der Waals surface area contributed by atoms with Crippen LogP contribution in [0.5, 0.6) is 0 Å². The first-order valence-electron chi connectivity index (χ1n) is 5.26. The Bertz CT molecular complexity index is 426. The lowest BCUT2D eigenvalue weighted by atomic mass is 9.88. The molecule has 0 N–H and O–H groups in total. The first-order chi connectivity index (χ1) is 7.87. The van der Waals surface area contributed by atoms with Crippen molar-refractivity contribution in [3.8, 4) is 0 Å². The zero-order valence-corrected chi connectivity index (χ0v) is 11.7. The van der Waals surface area contributed by atoms with Crippen LogP contribution in [-0.4, -0.2) is 28.1 Å². The zero-order chi connectivity index (χ0) is 13.1. The van der Waals surface area contributed by atoms with Crippen LogP contribution in [0.1, 0.15) is 20.8 Å². The van der Waals surface area contributed by atoms with Crippen molar-refractivity contribution in [3.05, 3.63) is 16.9 Å². The standard InChI is InChI=1S/C11H15BrN2O3/c1-4-17-10(16)11(2,3)9(15)7-14-6-8(12)5-13-14/h5-6H,4,7H2,1-3H3. The lowest BCUT2D eigenvalue weighted by Crippen LogP contribution is -2.37. The number of nitrogens with zero attached hydrogens (tertiary/aromatic N) is 2. The smallest absolute Gasteiger partial charge is 0.319 e. The molecule has 0 fully saturated rings. The van der Waals surface area contributed by atoms with E-state index in [0.717, 1.165) is 4.47 Å². The number of hydrogen-bond donors (Lipinski definition) is 0. The quantitative estimate of drug-likeness (QED) is 0.615. The molecule has 0 bridgehead atoms. The molecule has 0 aliphatic rings. The number of hydrogen-bond acceptors (Lipinski definition) is 4. The topological polar surface area (TPSA) is 61.2 Å². The minimum atomic E-state index is -1.14. The van der Waals surface area contributed by atoms with E-state index in [1.54, 1.807) is 33.2 Å². The first-order valence-corrected chi connectivity index (χ1v) is 6.05. The number of carbonyl (C=O) groups is 2. The molecule has 17 heavy (non-hydrogen) atoms. The minimum absolute atomic E-state index is 0.0530. The van der Waals surface area contributed by atoms with E-state index in [-0.39, 0.29) is 18.9 Å². The summed E-state index contributed by atoms with van der Waals surface area (Å²) in [6, 6.07) is 0. The average molecular weight is 303 g/mol. The van der Waals surface area contributed by atoms with E-state index < -0.39 is 11.4 Å². The van der Waals surface area contributed by atoms with E-state index >= 15 is 0 Å². The third kappa shape index (κ3) is 3.39. The molecule has 94 valence electrons. The number of halogens is 1. The fourth-order valence-electron chi connectivity index (χ4n) is 1.19. The Morgan fingerprint density at radius 2 is 2.18 bits per heavy atom. The summed E-state index contributed by atoms with van der Waals surface area (Å²) in [5.41, 5.74) is -1.14. The Kier molecular flexibility index (Phi) is 4.45. The highest BCUT2D eigenvalue weighted by atomic mass is 79.9. The molecular weight excluding hydrogens is 288 g/mol. The van der Waals surface area contributed by atoms with Crippen molar-refractivity contribution < 1.29 is 14.3 Å². The first kappa shape index (κ1) is 13.9. The van der Waals surface area contributed by atoms with Gasteiger partial charge in [-0.3, -0.25) is 14.3 Å². The molecule has 0 amide bonds. The Morgan fingerprint density at radius 1 is 1.53 bits per heavy atom. The molecule has 0 aliphatic carbocycles. The molecule has 0 spiro atoms. The van der Waals surface area contributed by atoms with Gasteiger partial charge in [-0.05, 0) is 36.7 Å². The summed E-state index contributed by atoms with van der Waals surface area (Å²) in [5.74, 6) is -0.734. The molecule has 5 nitrogen and oxygen atoms in total. The third-order valence-electron chi connectivity index (χ3n) is 2.39. The molecule has 0 unspecified atom stereocenters. The minimum Gasteiger partial charge on any atom is -0.465 e. The summed E-state index contributed by atoms with van der Waals surface area (Å²) < 4.78 is 7.14. The monoisotopic (exact) mass is 302 g/mol. The van der Waals surface area contributed by atoms with E-state index in [9.17, 15) is 9.59 Å². The normalized spacial score (nSPS) is 11.3. The fraction of sp³-hybridized carbons (Fsp3) is 0.545. The summed E-state index contributed by atoms with van der Waals surface area (Å²) >= 11 is 3.24. The maximum absolute atomic E-state index is 12.0. The van der Waals surface area contributed by atoms with Crippen LogP contribution in [0.15, 0.2) is 16.9 Å². The van der Waals surface area contributed by atoms with Gasteiger partial charge in [-0.2, -0.15) is 5.10 Å². The van der Waals surface area contributed by atoms with E-state index in [1.165, 1.54) is 4.68 Å². The van der Waals surface area contributed by atoms with E-state index in [4.69, 9.17) is 4.74 Å². The van der Waals surface area contributed by atoms with Crippen LogP contribution in [0, 0.1) is 5.41 Å². The molecule has 0 aromatic carbocycles. The number of rotatable bonds is 5. The van der Waals surface area contributed by atoms with Gasteiger partial charge in [0.25, 0.3) is 0 Å². The second kappa shape index (κ2) is 5.44. The van der Waals surface area contributed by atoms with Crippen LogP contribution in [0.2, 0.25) is 0 Å². The lowest BCUT2D eigenvalue weighted by molar-refractivity contribution is -0.158. The predicted octanol–water partition coefficient (Wildman–Crippen LogP) is 1.80. The number of esters is 1. The molecule has 1 rings (SSSR count). The van der Waals surface area contributed by atoms with Crippen LogP contribution in [0.25, 0.3) is 0 Å². The van der Waals surface area contributed by atoms with Crippen LogP contribution in [-0.2, 0) is 20.9 Å². The van der Waals surface area contributed by atoms with Gasteiger partial charge >= 0.3 is 5.97 Å². The molecule has 1 aromatic rings. The van der Waals surface area contributed by atoms with Gasteiger partial charge in [-0.1, -0.05) is 0 Å². The Balaban J connectivity index is 2.72. The SMILES string of the molecule is CCOC(=O)C(C)(C)C(=O)Cn1cc(Br)cn1. The molecule has 0 radical (unpaired) electrons. The van der Waals surface area contributed by atoms with E-state index in [0.29, 0.717) is 0 Å². The largest absolute Gasteiger partial charge is 0.465 e. The lowest BCUT2D eigenvalue weighted by Gasteiger charge is -2.20. The van der Waals surface area contributed by atoms with Crippen molar-refractivity contribution in [3.63, 3.8) is 0 Å². The maximum atomic E-state index is 12.0. The van der Waals surface area contributed by atoms with Gasteiger partial charge in [-0.15, -0.1) is 0 Å². The van der Waals surface area contributed by atoms with Gasteiger partial charge in [0, 0.05) is 6.20 Å². The molecule has 0 saturated heterocycles. The van der Waals surface area contributed by atoms with Crippen molar-refractivity contribution >= 4 is 27.7 Å². The van der Waals surface area contributed by atoms with Gasteiger partial charge < -0.3 is 4.74 Å². The highest BCUT2D eigenvalue weighted by Crippen LogP contribution is 2.20. The van der Waals surface area contributed by atoms with Gasteiger partial charge in [0.1, 0.15) is 12.0 Å². The van der Waals surface area contributed by atoms with Gasteiger partial charge in [0.15, 0.2) is 5.78 Å². The van der Waals surface area contributed by atoms with Crippen molar-refractivity contribution in [2.24, 2.45) is 5.41 Å². The summed E-state index contributed by atoms with van der Waals surface area (Å²) in [6.07, 6.45) is 3.27. The van der Waals surface area contributed by atoms with Gasteiger partial charge in [0.2, 0.25) is 0 Å². The highest BCUT2D eigenvalue weighted by Gasteiger charge is 2.37. The Hall–Kier alpha value is -1.17. The number of carbonyl (C=O) groups excluding carboxylic acids is 2. The van der Waals surface area contributed by atoms with Crippen molar-refractivity contribution in [1.82, 2.24) is 9.78 Å². The summed E-state index contributed by atoms with van der Waals surface area (Å²) in [4.78, 5) is 23.6. The molecular formula is C11H15BrN2O3. The van der Waals surface area contributed by atoms with Crippen LogP contribution in [0.4, 0.5) is 0 Å². The fourth-order valence-corrected chi connectivity index (χ4v) is 1.52. The van der Waals surface area contributed by atoms with Crippen molar-refractivity contribution in [2.45, 2.75) is 27.3 Å². The second-order valence-corrected chi connectivity index (χ2v) is 5.04. The average Bonchev–Trinajstić information content (AvgIpc) is 2.64. The van der Waals surface area contributed by atoms with Crippen molar-refractivity contribution in [1.29, 1.82) is 0 Å². The zero-order valence-electron chi connectivity index (χ0n) is 10.1. The van der Waals surface area contributed by atoms with Crippen molar-refractivity contribution in [2.75, 3.05) is 6.61 Å². The Labute approximate surface area is 108 Å². The maximum Gasteiger partial charge on any atom is 0.319 e. The van der Waals surface area contributed by atoms with E-state index in [1.807, 2.05) is 0 Å². The predicted molar refractivity (Wildman–Crippen MR) is 65.3 cm³/mol. The second-order valence-electron chi connectivity index (χ2n) is 4.12. The molecule has 0 aliphatic heterocycles. The van der Waals surface area contributed by atoms with Gasteiger partial charge in [0.05, 0.1) is 17.3 Å². The Morgan fingerprint density at radius 3 is 2.65 bits per heavy atom. The van der Waals surface area contributed by atoms with Crippen LogP contribution in [0.3, 0.4) is 0 Å². The molecule has 0 atom stereocenters.